The van der Waals surface area contributed by atoms with Gasteiger partial charge in [0.25, 0.3) is 0 Å². The van der Waals surface area contributed by atoms with E-state index in [2.05, 4.69) is 22.0 Å². The van der Waals surface area contributed by atoms with Crippen LogP contribution in [0.1, 0.15) is 23.6 Å². The Labute approximate surface area is 150 Å². The molecule has 2 atom stereocenters. The Morgan fingerprint density at radius 2 is 2.12 bits per heavy atom. The smallest absolute Gasteiger partial charge is 0.232 e. The summed E-state index contributed by atoms with van der Waals surface area (Å²) in [6.07, 6.45) is 1.03. The fourth-order valence-electron chi connectivity index (χ4n) is 2.58. The Kier molecular flexibility index (Phi) is 5.22. The van der Waals surface area contributed by atoms with Gasteiger partial charge in [-0.25, -0.2) is 8.42 Å². The minimum atomic E-state index is -3.31. The van der Waals surface area contributed by atoms with Gasteiger partial charge < -0.3 is 4.74 Å². The van der Waals surface area contributed by atoms with Gasteiger partial charge in [-0.15, -0.1) is 10.2 Å². The molecule has 0 unspecified atom stereocenters. The van der Waals surface area contributed by atoms with Crippen LogP contribution >= 0.6 is 22.9 Å². The van der Waals surface area contributed by atoms with Crippen LogP contribution in [0.5, 0.6) is 0 Å². The summed E-state index contributed by atoms with van der Waals surface area (Å²) in [5, 5.41) is 9.15. The second-order valence-electron chi connectivity index (χ2n) is 5.86. The maximum absolute atomic E-state index is 11.5. The first-order valence-corrected chi connectivity index (χ1v) is 10.6. The van der Waals surface area contributed by atoms with Crippen molar-refractivity contribution in [1.29, 1.82) is 0 Å². The molecule has 0 aliphatic carbocycles. The van der Waals surface area contributed by atoms with Gasteiger partial charge >= 0.3 is 0 Å². The Morgan fingerprint density at radius 1 is 1.38 bits per heavy atom. The number of morpholine rings is 1. The second kappa shape index (κ2) is 7.05. The van der Waals surface area contributed by atoms with Crippen LogP contribution in [0.3, 0.4) is 0 Å². The van der Waals surface area contributed by atoms with E-state index in [9.17, 15) is 8.42 Å². The van der Waals surface area contributed by atoms with Crippen LogP contribution in [0, 0.1) is 0 Å². The number of hydrogen-bond acceptors (Lipinski definition) is 7. The lowest BCUT2D eigenvalue weighted by Crippen LogP contribution is -2.44. The van der Waals surface area contributed by atoms with Crippen molar-refractivity contribution < 1.29 is 13.2 Å². The fourth-order valence-corrected chi connectivity index (χ4v) is 4.51. The number of sulfone groups is 1. The minimum Gasteiger partial charge on any atom is -0.371 e. The Balaban J connectivity index is 1.75. The summed E-state index contributed by atoms with van der Waals surface area (Å²) in [7, 11) is -3.31. The highest BCUT2D eigenvalue weighted by atomic mass is 35.5. The van der Waals surface area contributed by atoms with Crippen LogP contribution in [-0.4, -0.2) is 49.0 Å². The van der Waals surface area contributed by atoms with Gasteiger partial charge in [-0.05, 0) is 13.0 Å². The summed E-state index contributed by atoms with van der Waals surface area (Å²) in [4.78, 5) is 2.21. The molecule has 3 rings (SSSR count). The molecule has 9 heteroatoms. The third kappa shape index (κ3) is 3.94. The molecule has 1 aromatic heterocycles. The molecule has 2 aromatic rings. The first kappa shape index (κ1) is 17.8. The highest BCUT2D eigenvalue weighted by Gasteiger charge is 2.29. The van der Waals surface area contributed by atoms with Crippen LogP contribution in [0.25, 0.3) is 0 Å². The first-order valence-electron chi connectivity index (χ1n) is 7.47. The van der Waals surface area contributed by atoms with Gasteiger partial charge in [0, 0.05) is 29.4 Å². The SMILES string of the molecule is C[C@@H]1CO[C@@H](c2ccccc2Cl)CN1Cc1nnc(S(C)(=O)=O)s1. The lowest BCUT2D eigenvalue weighted by molar-refractivity contribution is -0.0633. The molecule has 6 nitrogen and oxygen atoms in total. The number of hydrogen-bond donors (Lipinski definition) is 0. The Bertz CT molecular complexity index is 825. The summed E-state index contributed by atoms with van der Waals surface area (Å²) in [5.74, 6) is 0. The van der Waals surface area contributed by atoms with Gasteiger partial charge in [-0.3, -0.25) is 4.90 Å². The monoisotopic (exact) mass is 387 g/mol. The predicted molar refractivity (Wildman–Crippen MR) is 93.0 cm³/mol. The summed E-state index contributed by atoms with van der Waals surface area (Å²) in [6.45, 7) is 3.85. The summed E-state index contributed by atoms with van der Waals surface area (Å²) in [6, 6.07) is 7.85. The number of nitrogens with zero attached hydrogens (tertiary/aromatic N) is 3. The van der Waals surface area contributed by atoms with E-state index in [1.807, 2.05) is 24.3 Å². The van der Waals surface area contributed by atoms with E-state index in [0.717, 1.165) is 23.2 Å². The third-order valence-electron chi connectivity index (χ3n) is 3.92. The predicted octanol–water partition coefficient (Wildman–Crippen LogP) is 2.56. The molecule has 0 N–H and O–H groups in total. The van der Waals surface area contributed by atoms with Crippen molar-refractivity contribution in [3.63, 3.8) is 0 Å². The molecule has 0 radical (unpaired) electrons. The molecule has 0 bridgehead atoms. The number of ether oxygens (including phenoxy) is 1. The van der Waals surface area contributed by atoms with E-state index in [1.165, 1.54) is 0 Å². The molecule has 130 valence electrons. The van der Waals surface area contributed by atoms with E-state index in [4.69, 9.17) is 16.3 Å². The van der Waals surface area contributed by atoms with Crippen molar-refractivity contribution in [1.82, 2.24) is 15.1 Å². The molecule has 24 heavy (non-hydrogen) atoms. The molecule has 1 fully saturated rings. The van der Waals surface area contributed by atoms with Gasteiger partial charge in [0.15, 0.2) is 0 Å². The highest BCUT2D eigenvalue weighted by Crippen LogP contribution is 2.31. The zero-order chi connectivity index (χ0) is 17.3. The standard InChI is InChI=1S/C15H18ClN3O3S2/c1-10-9-22-13(11-5-3-4-6-12(11)16)7-19(10)8-14-17-18-15(23-14)24(2,20)21/h3-6,10,13H,7-9H2,1-2H3/t10-,13-/m1/s1. The summed E-state index contributed by atoms with van der Waals surface area (Å²) in [5.41, 5.74) is 0.963. The minimum absolute atomic E-state index is 0.0565. The third-order valence-corrected chi connectivity index (χ3v) is 6.84. The lowest BCUT2D eigenvalue weighted by atomic mass is 10.1. The molecular formula is C15H18ClN3O3S2. The molecule has 0 amide bonds. The van der Waals surface area contributed by atoms with Crippen LogP contribution in [0.2, 0.25) is 5.02 Å². The van der Waals surface area contributed by atoms with E-state index in [0.29, 0.717) is 29.7 Å². The zero-order valence-corrected chi connectivity index (χ0v) is 15.7. The van der Waals surface area contributed by atoms with Gasteiger partial charge in [-0.1, -0.05) is 41.1 Å². The molecule has 1 aliphatic rings. The summed E-state index contributed by atoms with van der Waals surface area (Å²) < 4.78 is 29.1. The van der Waals surface area contributed by atoms with Crippen molar-refractivity contribution in [2.45, 2.75) is 30.0 Å². The average Bonchev–Trinajstić information content (AvgIpc) is 2.99. The second-order valence-corrected chi connectivity index (χ2v) is 9.51. The van der Waals surface area contributed by atoms with Crippen molar-refractivity contribution in [2.24, 2.45) is 0 Å². The van der Waals surface area contributed by atoms with E-state index >= 15 is 0 Å². The highest BCUT2D eigenvalue weighted by molar-refractivity contribution is 7.92. The van der Waals surface area contributed by atoms with E-state index in [1.54, 1.807) is 0 Å². The van der Waals surface area contributed by atoms with Gasteiger partial charge in [0.2, 0.25) is 14.2 Å². The zero-order valence-electron chi connectivity index (χ0n) is 13.3. The Morgan fingerprint density at radius 3 is 2.79 bits per heavy atom. The van der Waals surface area contributed by atoms with Crippen molar-refractivity contribution in [2.75, 3.05) is 19.4 Å². The van der Waals surface area contributed by atoms with Crippen molar-refractivity contribution in [3.8, 4) is 0 Å². The van der Waals surface area contributed by atoms with Crippen molar-refractivity contribution >= 4 is 32.8 Å². The molecule has 0 saturated carbocycles. The number of aromatic nitrogens is 2. The molecule has 1 saturated heterocycles. The first-order chi connectivity index (χ1) is 11.3. The maximum atomic E-state index is 11.5. The van der Waals surface area contributed by atoms with E-state index < -0.39 is 9.84 Å². The van der Waals surface area contributed by atoms with Gasteiger partial charge in [0.1, 0.15) is 5.01 Å². The molecule has 1 aromatic carbocycles. The largest absolute Gasteiger partial charge is 0.371 e. The molecule has 2 heterocycles. The van der Waals surface area contributed by atoms with Crippen LogP contribution in [0.15, 0.2) is 28.6 Å². The molecular weight excluding hydrogens is 370 g/mol. The van der Waals surface area contributed by atoms with Gasteiger partial charge in [-0.2, -0.15) is 0 Å². The van der Waals surface area contributed by atoms with Crippen molar-refractivity contribution in [3.05, 3.63) is 39.9 Å². The fraction of sp³-hybridized carbons (Fsp3) is 0.467. The maximum Gasteiger partial charge on any atom is 0.232 e. The lowest BCUT2D eigenvalue weighted by Gasteiger charge is -2.37. The van der Waals surface area contributed by atoms with Gasteiger partial charge in [0.05, 0.1) is 19.3 Å². The van der Waals surface area contributed by atoms with Crippen LogP contribution in [0.4, 0.5) is 0 Å². The van der Waals surface area contributed by atoms with Crippen LogP contribution < -0.4 is 0 Å². The quantitative estimate of drug-likeness (QED) is 0.802. The normalized spacial score (nSPS) is 22.6. The summed E-state index contributed by atoms with van der Waals surface area (Å²) >= 11 is 7.39. The number of rotatable bonds is 4. The number of benzene rings is 1. The molecule has 1 aliphatic heterocycles. The average molecular weight is 388 g/mol. The topological polar surface area (TPSA) is 72.4 Å². The molecule has 0 spiro atoms. The van der Waals surface area contributed by atoms with Crippen LogP contribution in [-0.2, 0) is 21.1 Å². The van der Waals surface area contributed by atoms with E-state index in [-0.39, 0.29) is 16.5 Å². The Hall–Kier alpha value is -1.06. The number of halogens is 1.